The van der Waals surface area contributed by atoms with Gasteiger partial charge in [-0.3, -0.25) is 4.79 Å². The van der Waals surface area contributed by atoms with Crippen LogP contribution in [0.25, 0.3) is 0 Å². The summed E-state index contributed by atoms with van der Waals surface area (Å²) in [6.45, 7) is 9.71. The molecule has 1 amide bonds. The minimum Gasteiger partial charge on any atom is -0.507 e. The van der Waals surface area contributed by atoms with Crippen molar-refractivity contribution < 1.29 is 9.90 Å². The zero-order valence-corrected chi connectivity index (χ0v) is 15.3. The molecule has 0 spiro atoms. The van der Waals surface area contributed by atoms with E-state index in [4.69, 9.17) is 0 Å². The van der Waals surface area contributed by atoms with Gasteiger partial charge in [-0.2, -0.15) is 0 Å². The van der Waals surface area contributed by atoms with Crippen molar-refractivity contribution in [2.75, 3.05) is 7.05 Å². The minimum absolute atomic E-state index is 0.00142. The van der Waals surface area contributed by atoms with Crippen LogP contribution >= 0.6 is 0 Å². The van der Waals surface area contributed by atoms with Gasteiger partial charge in [0.1, 0.15) is 5.75 Å². The Kier molecular flexibility index (Phi) is 4.46. The van der Waals surface area contributed by atoms with E-state index in [0.29, 0.717) is 17.6 Å². The van der Waals surface area contributed by atoms with Gasteiger partial charge in [0.2, 0.25) is 5.91 Å². The number of carbonyl (C=O) groups excluding carboxylic acids is 1. The fraction of sp³-hybridized carbons (Fsp3) is 0.571. The standard InChI is InChI=1S/C21H29NO2/c1-6-12(2)17-11-13(3)18-15-9-7-8-10-16(15)20(19(18)21(17)24)22(5)14(4)23/h6,11-12,15-16,20,24H,1,7-10H2,2-5H3. The molecule has 0 radical (unpaired) electrons. The van der Waals surface area contributed by atoms with Crippen LogP contribution in [0.4, 0.5) is 0 Å². The first kappa shape index (κ1) is 17.1. The van der Waals surface area contributed by atoms with Crippen molar-refractivity contribution in [1.82, 2.24) is 4.90 Å². The Bertz CT molecular complexity index is 679. The van der Waals surface area contributed by atoms with Gasteiger partial charge in [0.05, 0.1) is 6.04 Å². The number of carbonyl (C=O) groups is 1. The second kappa shape index (κ2) is 6.27. The normalized spacial score (nSPS) is 26.4. The fourth-order valence-electron chi connectivity index (χ4n) is 4.93. The smallest absolute Gasteiger partial charge is 0.219 e. The van der Waals surface area contributed by atoms with Crippen LogP contribution in [-0.4, -0.2) is 23.0 Å². The second-order valence-electron chi connectivity index (χ2n) is 7.61. The first-order valence-corrected chi connectivity index (χ1v) is 9.10. The van der Waals surface area contributed by atoms with E-state index in [0.717, 1.165) is 24.0 Å². The average Bonchev–Trinajstić information content (AvgIpc) is 2.92. The highest BCUT2D eigenvalue weighted by molar-refractivity contribution is 5.74. The SMILES string of the molecule is C=CC(C)c1cc(C)c2c(c1O)C(N(C)C(C)=O)C1CCCCC21. The number of allylic oxidation sites excluding steroid dienone is 1. The summed E-state index contributed by atoms with van der Waals surface area (Å²) in [5.74, 6) is 1.45. The van der Waals surface area contributed by atoms with Gasteiger partial charge < -0.3 is 10.0 Å². The number of rotatable bonds is 3. The van der Waals surface area contributed by atoms with E-state index in [9.17, 15) is 9.90 Å². The largest absolute Gasteiger partial charge is 0.507 e. The van der Waals surface area contributed by atoms with Crippen molar-refractivity contribution in [2.24, 2.45) is 5.92 Å². The number of phenolic OH excluding ortho intramolecular Hbond substituents is 1. The van der Waals surface area contributed by atoms with Crippen molar-refractivity contribution >= 4 is 5.91 Å². The van der Waals surface area contributed by atoms with Gasteiger partial charge >= 0.3 is 0 Å². The van der Waals surface area contributed by atoms with Crippen LogP contribution in [0.5, 0.6) is 5.75 Å². The third-order valence-electron chi connectivity index (χ3n) is 6.27. The minimum atomic E-state index is -0.00142. The number of phenols is 1. The van der Waals surface area contributed by atoms with Gasteiger partial charge in [-0.15, -0.1) is 6.58 Å². The molecule has 1 N–H and O–H groups in total. The zero-order valence-electron chi connectivity index (χ0n) is 15.3. The number of nitrogens with zero attached hydrogens (tertiary/aromatic N) is 1. The Morgan fingerprint density at radius 1 is 1.38 bits per heavy atom. The number of benzene rings is 1. The van der Waals surface area contributed by atoms with E-state index in [-0.39, 0.29) is 17.9 Å². The van der Waals surface area contributed by atoms with E-state index in [2.05, 4.69) is 26.5 Å². The molecule has 3 rings (SSSR count). The molecule has 4 unspecified atom stereocenters. The van der Waals surface area contributed by atoms with Gasteiger partial charge in [-0.05, 0) is 42.7 Å². The lowest BCUT2D eigenvalue weighted by atomic mass is 9.77. The predicted octanol–water partition coefficient (Wildman–Crippen LogP) is 4.80. The van der Waals surface area contributed by atoms with Gasteiger partial charge in [0.25, 0.3) is 0 Å². The van der Waals surface area contributed by atoms with E-state index >= 15 is 0 Å². The van der Waals surface area contributed by atoms with Crippen LogP contribution in [0, 0.1) is 12.8 Å². The van der Waals surface area contributed by atoms with Crippen molar-refractivity contribution in [3.05, 3.63) is 41.0 Å². The highest BCUT2D eigenvalue weighted by Crippen LogP contribution is 2.58. The van der Waals surface area contributed by atoms with Crippen LogP contribution < -0.4 is 0 Å². The highest BCUT2D eigenvalue weighted by atomic mass is 16.3. The lowest BCUT2D eigenvalue weighted by molar-refractivity contribution is -0.130. The Hall–Kier alpha value is -1.77. The summed E-state index contributed by atoms with van der Waals surface area (Å²) in [5, 5.41) is 11.1. The maximum Gasteiger partial charge on any atom is 0.219 e. The molecule has 1 saturated carbocycles. The van der Waals surface area contributed by atoms with Crippen LogP contribution in [0.2, 0.25) is 0 Å². The maximum atomic E-state index is 12.1. The molecule has 4 atom stereocenters. The molecule has 0 aliphatic heterocycles. The molecule has 1 aromatic carbocycles. The molecule has 130 valence electrons. The van der Waals surface area contributed by atoms with Gasteiger partial charge in [-0.1, -0.05) is 31.9 Å². The quantitative estimate of drug-likeness (QED) is 0.810. The molecule has 3 nitrogen and oxygen atoms in total. The van der Waals surface area contributed by atoms with Crippen LogP contribution in [0.15, 0.2) is 18.7 Å². The van der Waals surface area contributed by atoms with Crippen molar-refractivity contribution in [3.63, 3.8) is 0 Å². The number of aromatic hydroxyl groups is 1. The predicted molar refractivity (Wildman–Crippen MR) is 97.3 cm³/mol. The molecular formula is C21H29NO2. The van der Waals surface area contributed by atoms with Crippen molar-refractivity contribution in [3.8, 4) is 5.75 Å². The lowest BCUT2D eigenvalue weighted by Gasteiger charge is -2.34. The topological polar surface area (TPSA) is 40.5 Å². The summed E-state index contributed by atoms with van der Waals surface area (Å²) in [7, 11) is 1.88. The lowest BCUT2D eigenvalue weighted by Crippen LogP contribution is -2.33. The summed E-state index contributed by atoms with van der Waals surface area (Å²) in [5.41, 5.74) is 4.49. The van der Waals surface area contributed by atoms with E-state index < -0.39 is 0 Å². The summed E-state index contributed by atoms with van der Waals surface area (Å²) in [6.07, 6.45) is 6.62. The summed E-state index contributed by atoms with van der Waals surface area (Å²) < 4.78 is 0. The number of hydrogen-bond donors (Lipinski definition) is 1. The third-order valence-corrected chi connectivity index (χ3v) is 6.27. The first-order chi connectivity index (χ1) is 11.4. The number of fused-ring (bicyclic) bond motifs is 3. The van der Waals surface area contributed by atoms with E-state index in [1.54, 1.807) is 6.92 Å². The molecule has 0 aromatic heterocycles. The molecule has 0 bridgehead atoms. The van der Waals surface area contributed by atoms with Crippen molar-refractivity contribution in [2.45, 2.75) is 64.3 Å². The van der Waals surface area contributed by atoms with E-state index in [1.807, 2.05) is 18.0 Å². The van der Waals surface area contributed by atoms with E-state index in [1.165, 1.54) is 24.0 Å². The Morgan fingerprint density at radius 2 is 2.04 bits per heavy atom. The zero-order chi connectivity index (χ0) is 17.6. The van der Waals surface area contributed by atoms with Gasteiger partial charge in [0, 0.05) is 31.0 Å². The highest BCUT2D eigenvalue weighted by Gasteiger charge is 2.47. The number of aryl methyl sites for hydroxylation is 1. The molecule has 2 aliphatic rings. The molecule has 2 aliphatic carbocycles. The van der Waals surface area contributed by atoms with Gasteiger partial charge in [0.15, 0.2) is 0 Å². The van der Waals surface area contributed by atoms with Crippen LogP contribution in [-0.2, 0) is 4.79 Å². The molecule has 3 heteroatoms. The van der Waals surface area contributed by atoms with Crippen molar-refractivity contribution in [1.29, 1.82) is 0 Å². The molecule has 0 saturated heterocycles. The number of amides is 1. The third kappa shape index (κ3) is 2.45. The average molecular weight is 327 g/mol. The molecule has 1 fully saturated rings. The summed E-state index contributed by atoms with van der Waals surface area (Å²) >= 11 is 0. The fourth-order valence-corrected chi connectivity index (χ4v) is 4.93. The molecule has 24 heavy (non-hydrogen) atoms. The Labute approximate surface area is 145 Å². The molecule has 0 heterocycles. The monoisotopic (exact) mass is 327 g/mol. The first-order valence-electron chi connectivity index (χ1n) is 9.10. The maximum absolute atomic E-state index is 12.1. The van der Waals surface area contributed by atoms with Crippen LogP contribution in [0.3, 0.4) is 0 Å². The summed E-state index contributed by atoms with van der Waals surface area (Å²) in [6, 6.07) is 2.13. The Balaban J connectivity index is 2.23. The number of hydrogen-bond acceptors (Lipinski definition) is 2. The summed E-state index contributed by atoms with van der Waals surface area (Å²) in [4.78, 5) is 14.0. The molecular weight excluding hydrogens is 298 g/mol. The van der Waals surface area contributed by atoms with Gasteiger partial charge in [-0.25, -0.2) is 0 Å². The second-order valence-corrected chi connectivity index (χ2v) is 7.61. The Morgan fingerprint density at radius 3 is 2.67 bits per heavy atom. The van der Waals surface area contributed by atoms with Crippen LogP contribution in [0.1, 0.15) is 79.7 Å². The molecule has 1 aromatic rings.